The molecule has 0 bridgehead atoms. The topological polar surface area (TPSA) is 35.6 Å². The Morgan fingerprint density at radius 2 is 1.84 bits per heavy atom. The second kappa shape index (κ2) is 10.8. The molecule has 2 aliphatic heterocycles. The summed E-state index contributed by atoms with van der Waals surface area (Å²) in [6, 6.07) is 16.3. The Hall–Kier alpha value is -1.98. The number of likely N-dealkylation sites (tertiary alicyclic amines) is 1. The van der Waals surface area contributed by atoms with E-state index in [-0.39, 0.29) is 5.91 Å². The zero-order valence-corrected chi connectivity index (χ0v) is 20.6. The number of nitrogens with zero attached hydrogens (tertiary/aromatic N) is 2. The third-order valence-corrected chi connectivity index (χ3v) is 7.97. The predicted octanol–water partition coefficient (Wildman–Crippen LogP) is 5.49. The molecule has 0 radical (unpaired) electrons. The lowest BCUT2D eigenvalue weighted by molar-refractivity contribution is 0.0925. The van der Waals surface area contributed by atoms with E-state index < -0.39 is 0 Å². The molecule has 0 unspecified atom stereocenters. The van der Waals surface area contributed by atoms with Gasteiger partial charge in [0, 0.05) is 54.5 Å². The third kappa shape index (κ3) is 5.68. The molecule has 0 saturated carbocycles. The second-order valence-electron chi connectivity index (χ2n) is 9.41. The number of fused-ring (bicyclic) bond motifs is 1. The SMILES string of the molecule is Cc1ccc(CN2CCSc3ccc(C(=O)NCCCN4[C@H](C)CCC[C@H]4C)cc32)cc1. The third-order valence-electron chi connectivity index (χ3n) is 6.93. The Kier molecular flexibility index (Phi) is 7.80. The molecule has 172 valence electrons. The van der Waals surface area contributed by atoms with Crippen LogP contribution in [0.15, 0.2) is 47.4 Å². The Labute approximate surface area is 197 Å². The standard InChI is InChI=1S/C27H37N3OS/c1-20-8-10-23(11-9-20)19-29-16-17-32-26-13-12-24(18-25(26)29)27(31)28-14-5-15-30-21(2)6-4-7-22(30)3/h8-13,18,21-22H,4-7,14-17,19H2,1-3H3,(H,28,31)/t21-,22-/m1/s1. The van der Waals surface area contributed by atoms with Gasteiger partial charge < -0.3 is 10.2 Å². The molecule has 1 N–H and O–H groups in total. The van der Waals surface area contributed by atoms with Gasteiger partial charge in [-0.3, -0.25) is 9.69 Å². The van der Waals surface area contributed by atoms with Gasteiger partial charge in [-0.05, 0) is 63.8 Å². The number of carbonyl (C=O) groups is 1. The number of aryl methyl sites for hydroxylation is 1. The molecule has 32 heavy (non-hydrogen) atoms. The molecule has 2 aromatic rings. The van der Waals surface area contributed by atoms with Gasteiger partial charge in [-0.25, -0.2) is 0 Å². The van der Waals surface area contributed by atoms with Crippen molar-refractivity contribution < 1.29 is 4.79 Å². The maximum atomic E-state index is 12.9. The van der Waals surface area contributed by atoms with Crippen LogP contribution in [0.3, 0.4) is 0 Å². The number of amides is 1. The predicted molar refractivity (Wildman–Crippen MR) is 136 cm³/mol. The van der Waals surface area contributed by atoms with Crippen LogP contribution in [0.1, 0.15) is 61.0 Å². The van der Waals surface area contributed by atoms with E-state index in [4.69, 9.17) is 0 Å². The van der Waals surface area contributed by atoms with Crippen LogP contribution in [0.25, 0.3) is 0 Å². The zero-order chi connectivity index (χ0) is 22.5. The van der Waals surface area contributed by atoms with Gasteiger partial charge in [0.25, 0.3) is 5.91 Å². The number of hydrogen-bond acceptors (Lipinski definition) is 4. The normalized spacial score (nSPS) is 21.3. The first-order chi connectivity index (χ1) is 15.5. The van der Waals surface area contributed by atoms with Crippen molar-refractivity contribution in [3.63, 3.8) is 0 Å². The summed E-state index contributed by atoms with van der Waals surface area (Å²) in [7, 11) is 0. The van der Waals surface area contributed by atoms with Crippen molar-refractivity contribution in [3.8, 4) is 0 Å². The van der Waals surface area contributed by atoms with Crippen LogP contribution in [0.4, 0.5) is 5.69 Å². The van der Waals surface area contributed by atoms with E-state index in [1.165, 1.54) is 41.0 Å². The molecule has 1 fully saturated rings. The first-order valence-corrected chi connectivity index (χ1v) is 13.1. The number of carbonyl (C=O) groups excluding carboxylic acids is 1. The zero-order valence-electron chi connectivity index (χ0n) is 19.8. The fourth-order valence-corrected chi connectivity index (χ4v) is 6.01. The van der Waals surface area contributed by atoms with Crippen LogP contribution in [-0.2, 0) is 6.54 Å². The van der Waals surface area contributed by atoms with Crippen LogP contribution in [-0.4, -0.2) is 48.3 Å². The summed E-state index contributed by atoms with van der Waals surface area (Å²) in [5.74, 6) is 1.12. The molecular weight excluding hydrogens is 414 g/mol. The number of benzene rings is 2. The number of piperidine rings is 1. The van der Waals surface area contributed by atoms with Gasteiger partial charge in [-0.15, -0.1) is 11.8 Å². The summed E-state index contributed by atoms with van der Waals surface area (Å²) in [5, 5.41) is 3.15. The minimum atomic E-state index is 0.0402. The Bertz CT molecular complexity index is 904. The molecular formula is C27H37N3OS. The first kappa shape index (κ1) is 23.2. The Morgan fingerprint density at radius 1 is 1.09 bits per heavy atom. The molecule has 1 saturated heterocycles. The van der Waals surface area contributed by atoms with Crippen molar-refractivity contribution in [2.45, 2.75) is 70.0 Å². The quantitative estimate of drug-likeness (QED) is 0.565. The number of hydrogen-bond donors (Lipinski definition) is 1. The van der Waals surface area contributed by atoms with Gasteiger partial charge in [0.05, 0.1) is 5.69 Å². The van der Waals surface area contributed by atoms with Gasteiger partial charge in [0.1, 0.15) is 0 Å². The number of anilines is 1. The highest BCUT2D eigenvalue weighted by molar-refractivity contribution is 7.99. The van der Waals surface area contributed by atoms with Gasteiger partial charge in [-0.1, -0.05) is 36.2 Å². The molecule has 4 rings (SSSR count). The van der Waals surface area contributed by atoms with Crippen LogP contribution in [0, 0.1) is 6.92 Å². The molecule has 0 aromatic heterocycles. The van der Waals surface area contributed by atoms with Gasteiger partial charge in [-0.2, -0.15) is 0 Å². The lowest BCUT2D eigenvalue weighted by atomic mass is 9.97. The molecule has 0 spiro atoms. The van der Waals surface area contributed by atoms with Crippen molar-refractivity contribution in [2.24, 2.45) is 0 Å². The summed E-state index contributed by atoms with van der Waals surface area (Å²) in [6.07, 6.45) is 4.93. The minimum Gasteiger partial charge on any atom is -0.365 e. The van der Waals surface area contributed by atoms with Crippen molar-refractivity contribution in [2.75, 3.05) is 30.3 Å². The smallest absolute Gasteiger partial charge is 0.251 e. The van der Waals surface area contributed by atoms with Crippen LogP contribution in [0.2, 0.25) is 0 Å². The molecule has 4 nitrogen and oxygen atoms in total. The summed E-state index contributed by atoms with van der Waals surface area (Å²) in [4.78, 5) is 19.1. The number of thioether (sulfide) groups is 1. The van der Waals surface area contributed by atoms with Crippen molar-refractivity contribution in [1.29, 1.82) is 0 Å². The Morgan fingerprint density at radius 3 is 2.59 bits per heavy atom. The first-order valence-electron chi connectivity index (χ1n) is 12.1. The summed E-state index contributed by atoms with van der Waals surface area (Å²) in [5.41, 5.74) is 4.54. The van der Waals surface area contributed by atoms with Crippen molar-refractivity contribution in [1.82, 2.24) is 10.2 Å². The van der Waals surface area contributed by atoms with E-state index in [1.54, 1.807) is 0 Å². The van der Waals surface area contributed by atoms with Crippen LogP contribution >= 0.6 is 11.8 Å². The Balaban J connectivity index is 1.34. The molecule has 2 heterocycles. The largest absolute Gasteiger partial charge is 0.365 e. The van der Waals surface area contributed by atoms with E-state index in [1.807, 2.05) is 17.8 Å². The average molecular weight is 452 g/mol. The van der Waals surface area contributed by atoms with E-state index in [0.717, 1.165) is 43.9 Å². The molecule has 0 aliphatic carbocycles. The van der Waals surface area contributed by atoms with Crippen molar-refractivity contribution >= 4 is 23.4 Å². The summed E-state index contributed by atoms with van der Waals surface area (Å²) >= 11 is 1.88. The number of nitrogens with one attached hydrogen (secondary N) is 1. The molecule has 1 amide bonds. The highest BCUT2D eigenvalue weighted by Gasteiger charge is 2.24. The lowest BCUT2D eigenvalue weighted by Crippen LogP contribution is -2.44. The summed E-state index contributed by atoms with van der Waals surface area (Å²) in [6.45, 7) is 10.5. The van der Waals surface area contributed by atoms with Gasteiger partial charge >= 0.3 is 0 Å². The van der Waals surface area contributed by atoms with E-state index in [0.29, 0.717) is 12.1 Å². The van der Waals surface area contributed by atoms with Gasteiger partial charge in [0.15, 0.2) is 0 Å². The number of rotatable bonds is 7. The fourth-order valence-electron chi connectivity index (χ4n) is 4.97. The minimum absolute atomic E-state index is 0.0402. The molecule has 2 atom stereocenters. The highest BCUT2D eigenvalue weighted by atomic mass is 32.2. The molecule has 2 aromatic carbocycles. The molecule has 2 aliphatic rings. The maximum absolute atomic E-state index is 12.9. The van der Waals surface area contributed by atoms with Gasteiger partial charge in [0.2, 0.25) is 0 Å². The second-order valence-corrected chi connectivity index (χ2v) is 10.6. The maximum Gasteiger partial charge on any atom is 0.251 e. The van der Waals surface area contributed by atoms with E-state index in [9.17, 15) is 4.79 Å². The average Bonchev–Trinajstić information content (AvgIpc) is 2.79. The molecule has 5 heteroatoms. The lowest BCUT2D eigenvalue weighted by Gasteiger charge is -2.39. The van der Waals surface area contributed by atoms with Crippen molar-refractivity contribution in [3.05, 3.63) is 59.2 Å². The van der Waals surface area contributed by atoms with Crippen LogP contribution < -0.4 is 10.2 Å². The van der Waals surface area contributed by atoms with Crippen LogP contribution in [0.5, 0.6) is 0 Å². The highest BCUT2D eigenvalue weighted by Crippen LogP contribution is 2.36. The summed E-state index contributed by atoms with van der Waals surface area (Å²) < 4.78 is 0. The van der Waals surface area contributed by atoms with E-state index >= 15 is 0 Å². The van der Waals surface area contributed by atoms with E-state index in [2.05, 4.69) is 72.3 Å². The fraction of sp³-hybridized carbons (Fsp3) is 0.519. The monoisotopic (exact) mass is 451 g/mol.